The molecule has 0 N–H and O–H groups in total. The quantitative estimate of drug-likeness (QED) is 0.560. The Balaban J connectivity index is 2.96. The molecule has 5 heteroatoms. The summed E-state index contributed by atoms with van der Waals surface area (Å²) in [5.41, 5.74) is 1.53. The van der Waals surface area contributed by atoms with E-state index >= 15 is 0 Å². The van der Waals surface area contributed by atoms with E-state index in [1.165, 1.54) is 0 Å². The highest BCUT2D eigenvalue weighted by Gasteiger charge is 2.07. The first-order valence-electron chi connectivity index (χ1n) is 4.56. The first-order chi connectivity index (χ1) is 7.09. The summed E-state index contributed by atoms with van der Waals surface area (Å²) >= 11 is 0. The van der Waals surface area contributed by atoms with Crippen molar-refractivity contribution >= 4 is 16.5 Å². The standard InChI is InChI=1S/C10H15N3OS/c1-13(2)12-10(8-15(3)14)9-6-4-5-7-11-9/h4-7H,8H2,1-3H3/b12-10-/t15-/m1/s1. The Morgan fingerprint density at radius 2 is 2.27 bits per heavy atom. The van der Waals surface area contributed by atoms with Crippen LogP contribution in [0, 0.1) is 0 Å². The van der Waals surface area contributed by atoms with Crippen LogP contribution in [0.2, 0.25) is 0 Å². The molecule has 0 saturated carbocycles. The first kappa shape index (κ1) is 11.8. The maximum Gasteiger partial charge on any atom is 0.0985 e. The highest BCUT2D eigenvalue weighted by atomic mass is 32.2. The molecule has 0 bridgehead atoms. The van der Waals surface area contributed by atoms with E-state index in [4.69, 9.17) is 0 Å². The average Bonchev–Trinajstić information content (AvgIpc) is 2.17. The van der Waals surface area contributed by atoms with Gasteiger partial charge in [0.05, 0.1) is 17.2 Å². The molecule has 82 valence electrons. The minimum atomic E-state index is -0.910. The number of hydrazone groups is 1. The molecule has 0 radical (unpaired) electrons. The smallest absolute Gasteiger partial charge is 0.0985 e. The van der Waals surface area contributed by atoms with Gasteiger partial charge in [-0.1, -0.05) is 6.07 Å². The van der Waals surface area contributed by atoms with Crippen LogP contribution < -0.4 is 0 Å². The maximum absolute atomic E-state index is 11.2. The summed E-state index contributed by atoms with van der Waals surface area (Å²) in [7, 11) is 2.76. The van der Waals surface area contributed by atoms with E-state index in [0.717, 1.165) is 11.4 Å². The molecule has 0 saturated heterocycles. The summed E-state index contributed by atoms with van der Waals surface area (Å²) in [6, 6.07) is 5.61. The van der Waals surface area contributed by atoms with Crippen molar-refractivity contribution in [3.63, 3.8) is 0 Å². The average molecular weight is 225 g/mol. The number of rotatable bonds is 4. The lowest BCUT2D eigenvalue weighted by atomic mass is 10.2. The number of aromatic nitrogens is 1. The zero-order valence-corrected chi connectivity index (χ0v) is 9.99. The van der Waals surface area contributed by atoms with Crippen LogP contribution in [-0.4, -0.2) is 46.0 Å². The summed E-state index contributed by atoms with van der Waals surface area (Å²) in [5, 5.41) is 5.97. The molecule has 1 heterocycles. The number of hydrogen-bond acceptors (Lipinski definition) is 4. The Morgan fingerprint density at radius 1 is 1.53 bits per heavy atom. The molecule has 1 aromatic heterocycles. The van der Waals surface area contributed by atoms with Crippen molar-refractivity contribution in [3.05, 3.63) is 30.1 Å². The fourth-order valence-corrected chi connectivity index (χ4v) is 1.71. The van der Waals surface area contributed by atoms with E-state index in [0.29, 0.717) is 5.75 Å². The van der Waals surface area contributed by atoms with Gasteiger partial charge in [0, 0.05) is 37.3 Å². The number of nitrogens with zero attached hydrogens (tertiary/aromatic N) is 3. The Kier molecular flexibility index (Phi) is 4.42. The van der Waals surface area contributed by atoms with Crippen LogP contribution in [0.3, 0.4) is 0 Å². The van der Waals surface area contributed by atoms with Crippen LogP contribution in [0.4, 0.5) is 0 Å². The van der Waals surface area contributed by atoms with Crippen LogP contribution in [0.5, 0.6) is 0 Å². The molecular weight excluding hydrogens is 210 g/mol. The van der Waals surface area contributed by atoms with Crippen molar-refractivity contribution in [1.29, 1.82) is 0 Å². The molecule has 0 amide bonds. The van der Waals surface area contributed by atoms with Crippen LogP contribution in [0.1, 0.15) is 5.69 Å². The van der Waals surface area contributed by atoms with E-state index in [2.05, 4.69) is 10.1 Å². The van der Waals surface area contributed by atoms with E-state index < -0.39 is 10.8 Å². The molecular formula is C10H15N3OS. The van der Waals surface area contributed by atoms with Crippen molar-refractivity contribution in [2.45, 2.75) is 0 Å². The topological polar surface area (TPSA) is 45.6 Å². The van der Waals surface area contributed by atoms with E-state index in [-0.39, 0.29) is 0 Å². The van der Waals surface area contributed by atoms with Crippen molar-refractivity contribution in [3.8, 4) is 0 Å². The summed E-state index contributed by atoms with van der Waals surface area (Å²) in [6.07, 6.45) is 3.37. The van der Waals surface area contributed by atoms with Gasteiger partial charge in [0.25, 0.3) is 0 Å². The summed E-state index contributed by atoms with van der Waals surface area (Å²) in [5.74, 6) is 0.426. The molecule has 0 fully saturated rings. The van der Waals surface area contributed by atoms with Gasteiger partial charge in [0.1, 0.15) is 0 Å². The lowest BCUT2D eigenvalue weighted by Gasteiger charge is -2.09. The van der Waals surface area contributed by atoms with E-state index in [1.54, 1.807) is 17.5 Å². The lowest BCUT2D eigenvalue weighted by molar-refractivity contribution is 0.437. The van der Waals surface area contributed by atoms with Crippen LogP contribution in [-0.2, 0) is 10.8 Å². The normalized spacial score (nSPS) is 13.7. The fourth-order valence-electron chi connectivity index (χ4n) is 1.12. The minimum absolute atomic E-state index is 0.426. The van der Waals surface area contributed by atoms with E-state index in [9.17, 15) is 4.21 Å². The molecule has 0 aliphatic carbocycles. The third-order valence-corrected chi connectivity index (χ3v) is 2.30. The highest BCUT2D eigenvalue weighted by molar-refractivity contribution is 7.85. The van der Waals surface area contributed by atoms with Gasteiger partial charge < -0.3 is 5.01 Å². The van der Waals surface area contributed by atoms with Crippen molar-refractivity contribution in [2.24, 2.45) is 5.10 Å². The Morgan fingerprint density at radius 3 is 2.73 bits per heavy atom. The predicted molar refractivity (Wildman–Crippen MR) is 63.4 cm³/mol. The van der Waals surface area contributed by atoms with Gasteiger partial charge in [0.15, 0.2) is 0 Å². The first-order valence-corrected chi connectivity index (χ1v) is 6.28. The van der Waals surface area contributed by atoms with Gasteiger partial charge >= 0.3 is 0 Å². The third kappa shape index (κ3) is 4.20. The lowest BCUT2D eigenvalue weighted by Crippen LogP contribution is -2.17. The summed E-state index contributed by atoms with van der Waals surface area (Å²) < 4.78 is 11.2. The Bertz CT molecular complexity index is 362. The Hall–Kier alpha value is -1.23. The second-order valence-corrected chi connectivity index (χ2v) is 4.76. The van der Waals surface area contributed by atoms with Crippen LogP contribution in [0.15, 0.2) is 29.5 Å². The van der Waals surface area contributed by atoms with Crippen LogP contribution >= 0.6 is 0 Å². The molecule has 0 aromatic carbocycles. The van der Waals surface area contributed by atoms with Crippen molar-refractivity contribution in [1.82, 2.24) is 9.99 Å². The van der Waals surface area contributed by atoms with Gasteiger partial charge in [-0.25, -0.2) is 0 Å². The van der Waals surface area contributed by atoms with Crippen molar-refractivity contribution in [2.75, 3.05) is 26.1 Å². The van der Waals surface area contributed by atoms with Crippen LogP contribution in [0.25, 0.3) is 0 Å². The highest BCUT2D eigenvalue weighted by Crippen LogP contribution is 1.99. The molecule has 0 aliphatic heterocycles. The molecule has 4 nitrogen and oxygen atoms in total. The molecule has 1 atom stereocenters. The third-order valence-electron chi connectivity index (χ3n) is 1.62. The zero-order valence-electron chi connectivity index (χ0n) is 9.17. The van der Waals surface area contributed by atoms with Gasteiger partial charge in [-0.15, -0.1) is 0 Å². The number of hydrogen-bond donors (Lipinski definition) is 0. The predicted octanol–water partition coefficient (Wildman–Crippen LogP) is 0.726. The molecule has 1 rings (SSSR count). The second kappa shape index (κ2) is 5.60. The molecule has 15 heavy (non-hydrogen) atoms. The molecule has 0 unspecified atom stereocenters. The number of pyridine rings is 1. The molecule has 1 aromatic rings. The summed E-state index contributed by atoms with van der Waals surface area (Å²) in [6.45, 7) is 0. The van der Waals surface area contributed by atoms with Gasteiger partial charge in [-0.05, 0) is 12.1 Å². The largest absolute Gasteiger partial charge is 0.303 e. The zero-order chi connectivity index (χ0) is 11.3. The van der Waals surface area contributed by atoms with Gasteiger partial charge in [0.2, 0.25) is 0 Å². The molecule has 0 spiro atoms. The summed E-state index contributed by atoms with van der Waals surface area (Å²) in [4.78, 5) is 4.19. The second-order valence-electron chi connectivity index (χ2n) is 3.33. The minimum Gasteiger partial charge on any atom is -0.303 e. The van der Waals surface area contributed by atoms with E-state index in [1.807, 2.05) is 32.3 Å². The maximum atomic E-state index is 11.2. The fraction of sp³-hybridized carbons (Fsp3) is 0.400. The monoisotopic (exact) mass is 225 g/mol. The SMILES string of the molecule is CN(C)/N=C(/C[S@@](C)=O)c1ccccn1. The van der Waals surface area contributed by atoms with Gasteiger partial charge in [-0.2, -0.15) is 5.10 Å². The Labute approximate surface area is 92.5 Å². The van der Waals surface area contributed by atoms with Crippen molar-refractivity contribution < 1.29 is 4.21 Å². The van der Waals surface area contributed by atoms with Gasteiger partial charge in [-0.3, -0.25) is 9.19 Å². The molecule has 0 aliphatic rings.